The normalized spacial score (nSPS) is 13.6. The van der Waals surface area contributed by atoms with E-state index in [1.807, 2.05) is 0 Å². The van der Waals surface area contributed by atoms with Gasteiger partial charge < -0.3 is 14.6 Å². The molecule has 0 aliphatic carbocycles. The number of hydrogen-bond donors (Lipinski definition) is 1. The molecule has 1 N–H and O–H groups in total. The summed E-state index contributed by atoms with van der Waals surface area (Å²) in [4.78, 5) is 4.32. The third-order valence-electron chi connectivity index (χ3n) is 2.31. The molecule has 1 heterocycles. The number of aromatic nitrogens is 2. The van der Waals surface area contributed by atoms with Crippen LogP contribution in [0.5, 0.6) is 0 Å². The lowest BCUT2D eigenvalue weighted by molar-refractivity contribution is 0.00718. The lowest BCUT2D eigenvalue weighted by Crippen LogP contribution is -2.21. The lowest BCUT2D eigenvalue weighted by atomic mass is 9.88. The Bertz CT molecular complexity index is 355. The second kappa shape index (κ2) is 5.93. The molecule has 0 saturated heterocycles. The Hall–Kier alpha value is -1.20. The van der Waals surface area contributed by atoms with E-state index in [9.17, 15) is 0 Å². The first-order valence-electron chi connectivity index (χ1n) is 5.66. The van der Waals surface area contributed by atoms with Crippen molar-refractivity contribution in [2.45, 2.75) is 33.4 Å². The van der Waals surface area contributed by atoms with Crippen LogP contribution in [-0.2, 0) is 11.3 Å². The molecular weight excluding hydrogens is 218 g/mol. The van der Waals surface area contributed by atoms with Crippen LogP contribution in [-0.4, -0.2) is 23.8 Å². The molecule has 1 aromatic heterocycles. The van der Waals surface area contributed by atoms with Gasteiger partial charge in [-0.2, -0.15) is 4.98 Å². The van der Waals surface area contributed by atoms with E-state index in [1.165, 1.54) is 0 Å². The van der Waals surface area contributed by atoms with E-state index < -0.39 is 0 Å². The van der Waals surface area contributed by atoms with Crippen LogP contribution in [0.25, 0.3) is 0 Å². The van der Waals surface area contributed by atoms with E-state index in [4.69, 9.17) is 9.26 Å². The van der Waals surface area contributed by atoms with Gasteiger partial charge in [-0.05, 0) is 5.41 Å². The van der Waals surface area contributed by atoms with Crippen LogP contribution in [0.4, 0.5) is 0 Å². The summed E-state index contributed by atoms with van der Waals surface area (Å²) in [5.74, 6) is 1.16. The second-order valence-corrected chi connectivity index (χ2v) is 4.95. The van der Waals surface area contributed by atoms with Gasteiger partial charge in [0.15, 0.2) is 0 Å². The van der Waals surface area contributed by atoms with Gasteiger partial charge >= 0.3 is 0 Å². The highest BCUT2D eigenvalue weighted by atomic mass is 16.5. The van der Waals surface area contributed by atoms with Crippen LogP contribution in [0.1, 0.15) is 38.6 Å². The molecular formula is C12H21N3O2. The monoisotopic (exact) mass is 239 g/mol. The van der Waals surface area contributed by atoms with Crippen molar-refractivity contribution in [3.63, 3.8) is 0 Å². The maximum Gasteiger partial charge on any atom is 0.240 e. The average molecular weight is 239 g/mol. The molecule has 1 unspecified atom stereocenters. The summed E-state index contributed by atoms with van der Waals surface area (Å²) in [6.07, 6.45) is 1.61. The first kappa shape index (κ1) is 13.9. The summed E-state index contributed by atoms with van der Waals surface area (Å²) in [6.45, 7) is 11.1. The smallest absolute Gasteiger partial charge is 0.240 e. The molecule has 0 aliphatic rings. The summed E-state index contributed by atoms with van der Waals surface area (Å²) in [5.41, 5.74) is -0.0650. The molecule has 0 aromatic carbocycles. The Morgan fingerprint density at radius 1 is 1.53 bits per heavy atom. The van der Waals surface area contributed by atoms with Crippen molar-refractivity contribution >= 4 is 0 Å². The number of nitrogens with one attached hydrogen (secondary N) is 1. The van der Waals surface area contributed by atoms with Gasteiger partial charge in [-0.3, -0.25) is 0 Å². The van der Waals surface area contributed by atoms with Crippen LogP contribution in [0.3, 0.4) is 0 Å². The highest BCUT2D eigenvalue weighted by molar-refractivity contribution is 4.96. The molecule has 1 aromatic rings. The number of hydrogen-bond acceptors (Lipinski definition) is 5. The van der Waals surface area contributed by atoms with E-state index in [0.717, 1.165) is 0 Å². The van der Waals surface area contributed by atoms with Crippen LogP contribution in [0, 0.1) is 5.41 Å². The largest absolute Gasteiger partial charge is 0.373 e. The molecule has 1 rings (SSSR count). The minimum atomic E-state index is -0.167. The van der Waals surface area contributed by atoms with Crippen LogP contribution < -0.4 is 5.32 Å². The molecule has 0 spiro atoms. The topological polar surface area (TPSA) is 60.2 Å². The standard InChI is InChI=1S/C12H21N3O2/c1-6-7-13-8-9-14-11(15-17-9)10(16-5)12(2,3)4/h6,10,13H,1,7-8H2,2-5H3. The maximum absolute atomic E-state index is 5.42. The van der Waals surface area contributed by atoms with E-state index in [0.29, 0.717) is 24.8 Å². The van der Waals surface area contributed by atoms with Crippen molar-refractivity contribution in [2.75, 3.05) is 13.7 Å². The van der Waals surface area contributed by atoms with Gasteiger partial charge in [-0.1, -0.05) is 32.0 Å². The van der Waals surface area contributed by atoms with E-state index in [1.54, 1.807) is 13.2 Å². The zero-order valence-corrected chi connectivity index (χ0v) is 11.0. The van der Waals surface area contributed by atoms with Gasteiger partial charge in [0.05, 0.1) is 6.54 Å². The Morgan fingerprint density at radius 3 is 2.76 bits per heavy atom. The minimum Gasteiger partial charge on any atom is -0.373 e. The zero-order valence-electron chi connectivity index (χ0n) is 11.0. The summed E-state index contributed by atoms with van der Waals surface area (Å²) in [6, 6.07) is 0. The zero-order chi connectivity index (χ0) is 12.9. The van der Waals surface area contributed by atoms with E-state index in [2.05, 4.69) is 42.8 Å². The van der Waals surface area contributed by atoms with Crippen LogP contribution >= 0.6 is 0 Å². The van der Waals surface area contributed by atoms with E-state index in [-0.39, 0.29) is 11.5 Å². The number of ether oxygens (including phenoxy) is 1. The van der Waals surface area contributed by atoms with Crippen LogP contribution in [0.15, 0.2) is 17.2 Å². The Morgan fingerprint density at radius 2 is 2.24 bits per heavy atom. The number of nitrogens with zero attached hydrogens (tertiary/aromatic N) is 2. The van der Waals surface area contributed by atoms with Gasteiger partial charge in [-0.15, -0.1) is 6.58 Å². The maximum atomic E-state index is 5.42. The fraction of sp³-hybridized carbons (Fsp3) is 0.667. The van der Waals surface area contributed by atoms with Crippen molar-refractivity contribution < 1.29 is 9.26 Å². The van der Waals surface area contributed by atoms with Gasteiger partial charge in [0.1, 0.15) is 6.10 Å². The predicted molar refractivity (Wildman–Crippen MR) is 65.4 cm³/mol. The molecule has 5 heteroatoms. The second-order valence-electron chi connectivity index (χ2n) is 4.95. The molecule has 0 bridgehead atoms. The van der Waals surface area contributed by atoms with Crippen molar-refractivity contribution in [3.05, 3.63) is 24.4 Å². The first-order chi connectivity index (χ1) is 7.99. The van der Waals surface area contributed by atoms with Gasteiger partial charge in [0, 0.05) is 13.7 Å². The summed E-state index contributed by atoms with van der Waals surface area (Å²) < 4.78 is 10.6. The predicted octanol–water partition coefficient (Wildman–Crippen LogP) is 2.08. The molecule has 5 nitrogen and oxygen atoms in total. The van der Waals surface area contributed by atoms with Crippen molar-refractivity contribution in [1.82, 2.24) is 15.5 Å². The number of rotatable bonds is 6. The van der Waals surface area contributed by atoms with Crippen molar-refractivity contribution in [2.24, 2.45) is 5.41 Å². The van der Waals surface area contributed by atoms with Crippen molar-refractivity contribution in [1.29, 1.82) is 0 Å². The molecule has 0 fully saturated rings. The average Bonchev–Trinajstić information content (AvgIpc) is 2.66. The third kappa shape index (κ3) is 3.94. The summed E-state index contributed by atoms with van der Waals surface area (Å²) in [7, 11) is 1.65. The van der Waals surface area contributed by atoms with Crippen molar-refractivity contribution in [3.8, 4) is 0 Å². The molecule has 17 heavy (non-hydrogen) atoms. The summed E-state index contributed by atoms with van der Waals surface area (Å²) >= 11 is 0. The first-order valence-corrected chi connectivity index (χ1v) is 5.66. The van der Waals surface area contributed by atoms with E-state index >= 15 is 0 Å². The highest BCUT2D eigenvalue weighted by Gasteiger charge is 2.30. The number of methoxy groups -OCH3 is 1. The third-order valence-corrected chi connectivity index (χ3v) is 2.31. The van der Waals surface area contributed by atoms with Gasteiger partial charge in [0.2, 0.25) is 11.7 Å². The molecule has 1 atom stereocenters. The molecule has 0 amide bonds. The quantitative estimate of drug-likeness (QED) is 0.608. The highest BCUT2D eigenvalue weighted by Crippen LogP contribution is 2.33. The fourth-order valence-corrected chi connectivity index (χ4v) is 1.57. The van der Waals surface area contributed by atoms with Gasteiger partial charge in [0.25, 0.3) is 0 Å². The Kier molecular flexibility index (Phi) is 4.84. The summed E-state index contributed by atoms with van der Waals surface area (Å²) in [5, 5.41) is 7.06. The lowest BCUT2D eigenvalue weighted by Gasteiger charge is -2.26. The molecule has 96 valence electrons. The fourth-order valence-electron chi connectivity index (χ4n) is 1.57. The Labute approximate surface area is 102 Å². The minimum absolute atomic E-state index is 0.0650. The SMILES string of the molecule is C=CCNCc1nc(C(OC)C(C)(C)C)no1. The molecule has 0 aliphatic heterocycles. The molecule has 0 radical (unpaired) electrons. The van der Waals surface area contributed by atoms with Gasteiger partial charge in [-0.25, -0.2) is 0 Å². The molecule has 0 saturated carbocycles. The Balaban J connectivity index is 2.68. The van der Waals surface area contributed by atoms with Crippen LogP contribution in [0.2, 0.25) is 0 Å².